The van der Waals surface area contributed by atoms with Gasteiger partial charge >= 0.3 is 11.9 Å². The standard InChI is InChI=1S/C10H8N4O4/c15-9(16)8-3-1-2-7(4-8)5-13-6-11-10(12-13)14(17)18/h1-4,6H,5H2,(H,15,16). The first-order valence-electron chi connectivity index (χ1n) is 4.92. The van der Waals surface area contributed by atoms with Gasteiger partial charge in [0.1, 0.15) is 0 Å². The van der Waals surface area contributed by atoms with Crippen molar-refractivity contribution in [1.82, 2.24) is 14.8 Å². The number of nitro groups is 1. The number of carboxylic acids is 1. The number of hydrogen-bond donors (Lipinski definition) is 1. The second-order valence-electron chi connectivity index (χ2n) is 3.50. The molecule has 1 N–H and O–H groups in total. The number of hydrogen-bond acceptors (Lipinski definition) is 5. The predicted molar refractivity (Wildman–Crippen MR) is 59.2 cm³/mol. The largest absolute Gasteiger partial charge is 0.490 e. The Hall–Kier alpha value is -2.77. The van der Waals surface area contributed by atoms with Crippen LogP contribution in [0.2, 0.25) is 0 Å². The van der Waals surface area contributed by atoms with Crippen LogP contribution in [-0.4, -0.2) is 30.8 Å². The van der Waals surface area contributed by atoms with E-state index in [1.54, 1.807) is 12.1 Å². The smallest absolute Gasteiger partial charge is 0.478 e. The van der Waals surface area contributed by atoms with Crippen LogP contribution in [0, 0.1) is 10.1 Å². The van der Waals surface area contributed by atoms with Crippen LogP contribution in [0.15, 0.2) is 30.6 Å². The molecule has 8 nitrogen and oxygen atoms in total. The Labute approximate surface area is 101 Å². The van der Waals surface area contributed by atoms with Crippen molar-refractivity contribution in [3.05, 3.63) is 51.8 Å². The molecule has 0 bridgehead atoms. The molecule has 0 saturated heterocycles. The van der Waals surface area contributed by atoms with Gasteiger partial charge in [-0.1, -0.05) is 17.1 Å². The summed E-state index contributed by atoms with van der Waals surface area (Å²) in [5.74, 6) is -1.51. The molecule has 1 aromatic heterocycles. The molecule has 0 spiro atoms. The van der Waals surface area contributed by atoms with Crippen molar-refractivity contribution in [3.63, 3.8) is 0 Å². The highest BCUT2D eigenvalue weighted by Crippen LogP contribution is 2.08. The van der Waals surface area contributed by atoms with Gasteiger partial charge in [0.2, 0.25) is 6.33 Å². The molecule has 0 unspecified atom stereocenters. The number of aromatic nitrogens is 3. The fourth-order valence-electron chi connectivity index (χ4n) is 1.43. The SMILES string of the molecule is O=C(O)c1cccc(Cn2cnc([N+](=O)[O-])n2)c1. The number of aromatic carboxylic acids is 1. The summed E-state index contributed by atoms with van der Waals surface area (Å²) in [6.07, 6.45) is 1.23. The van der Waals surface area contributed by atoms with E-state index in [-0.39, 0.29) is 12.1 Å². The zero-order valence-corrected chi connectivity index (χ0v) is 9.05. The summed E-state index contributed by atoms with van der Waals surface area (Å²) in [6.45, 7) is 0.224. The maximum atomic E-state index is 10.8. The highest BCUT2D eigenvalue weighted by atomic mass is 16.6. The van der Waals surface area contributed by atoms with Gasteiger partial charge in [0.05, 0.1) is 12.1 Å². The van der Waals surface area contributed by atoms with Crippen LogP contribution in [0.3, 0.4) is 0 Å². The van der Waals surface area contributed by atoms with E-state index in [1.165, 1.54) is 23.1 Å². The van der Waals surface area contributed by atoms with E-state index < -0.39 is 16.8 Å². The average molecular weight is 248 g/mol. The molecule has 0 saturated carbocycles. The molecular weight excluding hydrogens is 240 g/mol. The predicted octanol–water partition coefficient (Wildman–Crippen LogP) is 0.933. The Kier molecular flexibility index (Phi) is 3.00. The summed E-state index contributed by atoms with van der Waals surface area (Å²) in [5, 5.41) is 22.9. The van der Waals surface area contributed by atoms with Gasteiger partial charge in [-0.05, 0) is 22.6 Å². The first-order chi connectivity index (χ1) is 8.56. The summed E-state index contributed by atoms with van der Waals surface area (Å²) in [4.78, 5) is 24.0. The molecule has 0 fully saturated rings. The topological polar surface area (TPSA) is 111 Å². The van der Waals surface area contributed by atoms with E-state index >= 15 is 0 Å². The second-order valence-corrected chi connectivity index (χ2v) is 3.50. The van der Waals surface area contributed by atoms with Gasteiger partial charge in [-0.2, -0.15) is 4.68 Å². The van der Waals surface area contributed by atoms with Gasteiger partial charge < -0.3 is 15.2 Å². The Morgan fingerprint density at radius 2 is 2.28 bits per heavy atom. The Morgan fingerprint density at radius 3 is 2.89 bits per heavy atom. The lowest BCUT2D eigenvalue weighted by Crippen LogP contribution is -2.03. The van der Waals surface area contributed by atoms with Crippen molar-refractivity contribution in [1.29, 1.82) is 0 Å². The van der Waals surface area contributed by atoms with Gasteiger partial charge in [-0.3, -0.25) is 0 Å². The van der Waals surface area contributed by atoms with Crippen molar-refractivity contribution in [2.75, 3.05) is 0 Å². The van der Waals surface area contributed by atoms with E-state index in [4.69, 9.17) is 5.11 Å². The summed E-state index contributed by atoms with van der Waals surface area (Å²) >= 11 is 0. The molecule has 2 rings (SSSR count). The van der Waals surface area contributed by atoms with Gasteiger partial charge in [-0.25, -0.2) is 4.79 Å². The average Bonchev–Trinajstić information content (AvgIpc) is 2.78. The Balaban J connectivity index is 2.20. The first kappa shape index (κ1) is 11.7. The molecule has 0 aliphatic rings. The molecule has 0 aliphatic carbocycles. The third-order valence-corrected chi connectivity index (χ3v) is 2.21. The van der Waals surface area contributed by atoms with Gasteiger partial charge in [-0.15, -0.1) is 0 Å². The van der Waals surface area contributed by atoms with Gasteiger partial charge in [0.15, 0.2) is 0 Å². The lowest BCUT2D eigenvalue weighted by Gasteiger charge is -2.00. The summed E-state index contributed by atoms with van der Waals surface area (Å²) in [7, 11) is 0. The Morgan fingerprint density at radius 1 is 1.50 bits per heavy atom. The first-order valence-corrected chi connectivity index (χ1v) is 4.92. The maximum absolute atomic E-state index is 10.8. The van der Waals surface area contributed by atoms with Crippen LogP contribution in [0.25, 0.3) is 0 Å². The quantitative estimate of drug-likeness (QED) is 0.636. The maximum Gasteiger partial charge on any atom is 0.490 e. The van der Waals surface area contributed by atoms with Gasteiger partial charge in [0, 0.05) is 5.10 Å². The number of nitrogens with zero attached hydrogens (tertiary/aromatic N) is 4. The summed E-state index contributed by atoms with van der Waals surface area (Å²) in [6, 6.07) is 6.26. The zero-order chi connectivity index (χ0) is 13.1. The third-order valence-electron chi connectivity index (χ3n) is 2.21. The summed E-state index contributed by atoms with van der Waals surface area (Å²) in [5.41, 5.74) is 0.830. The van der Waals surface area contributed by atoms with Crippen molar-refractivity contribution in [2.45, 2.75) is 6.54 Å². The van der Waals surface area contributed by atoms with Gasteiger partial charge in [0.25, 0.3) is 0 Å². The van der Waals surface area contributed by atoms with Crippen molar-refractivity contribution >= 4 is 11.9 Å². The highest BCUT2D eigenvalue weighted by molar-refractivity contribution is 5.87. The monoisotopic (exact) mass is 248 g/mol. The van der Waals surface area contributed by atoms with E-state index in [0.717, 1.165) is 0 Å². The molecule has 18 heavy (non-hydrogen) atoms. The normalized spacial score (nSPS) is 10.2. The van der Waals surface area contributed by atoms with Crippen LogP contribution in [0.5, 0.6) is 0 Å². The third kappa shape index (κ3) is 2.48. The van der Waals surface area contributed by atoms with Crippen molar-refractivity contribution in [3.8, 4) is 0 Å². The summed E-state index contributed by atoms with van der Waals surface area (Å²) < 4.78 is 1.28. The molecule has 1 heterocycles. The minimum absolute atomic E-state index is 0.155. The fraction of sp³-hybridized carbons (Fsp3) is 0.100. The van der Waals surface area contributed by atoms with Crippen molar-refractivity contribution in [2.24, 2.45) is 0 Å². The molecule has 2 aromatic rings. The van der Waals surface area contributed by atoms with E-state index in [1.807, 2.05) is 0 Å². The van der Waals surface area contributed by atoms with E-state index in [2.05, 4.69) is 10.1 Å². The molecule has 0 radical (unpaired) electrons. The molecule has 1 aromatic carbocycles. The molecule has 0 aliphatic heterocycles. The van der Waals surface area contributed by atoms with Crippen molar-refractivity contribution < 1.29 is 14.8 Å². The van der Waals surface area contributed by atoms with E-state index in [9.17, 15) is 14.9 Å². The molecule has 0 atom stereocenters. The number of carbonyl (C=O) groups is 1. The minimum Gasteiger partial charge on any atom is -0.478 e. The molecule has 8 heteroatoms. The number of benzene rings is 1. The lowest BCUT2D eigenvalue weighted by molar-refractivity contribution is -0.394. The second kappa shape index (κ2) is 4.62. The van der Waals surface area contributed by atoms with Crippen LogP contribution < -0.4 is 0 Å². The minimum atomic E-state index is -1.03. The molecule has 92 valence electrons. The van der Waals surface area contributed by atoms with Crippen LogP contribution in [-0.2, 0) is 6.54 Å². The molecule has 0 amide bonds. The highest BCUT2D eigenvalue weighted by Gasteiger charge is 2.13. The Bertz CT molecular complexity index is 607. The van der Waals surface area contributed by atoms with Crippen LogP contribution in [0.1, 0.15) is 15.9 Å². The lowest BCUT2D eigenvalue weighted by atomic mass is 10.1. The van der Waals surface area contributed by atoms with Crippen LogP contribution >= 0.6 is 0 Å². The number of carboxylic acid groups (broad SMARTS) is 1. The molecular formula is C10H8N4O4. The number of rotatable bonds is 4. The fourth-order valence-corrected chi connectivity index (χ4v) is 1.43. The zero-order valence-electron chi connectivity index (χ0n) is 9.05. The van der Waals surface area contributed by atoms with Crippen LogP contribution in [0.4, 0.5) is 5.95 Å². The van der Waals surface area contributed by atoms with E-state index in [0.29, 0.717) is 5.56 Å².